The number of carboxylic acid groups (broad SMARTS) is 1. The van der Waals surface area contributed by atoms with E-state index < -0.39 is 17.2 Å². The molecule has 2 aromatic rings. The standard InChI is InChI=1S/C23H27NO5/c1-7-22(2,3)29-20-10-8-9-19(18(20)14-24)28-17-12-15(21(25)26)11-16(13-17)23(4,5)27-6/h8-13H,7H2,1-6H3,(H,25,26). The van der Waals surface area contributed by atoms with Crippen molar-refractivity contribution in [2.24, 2.45) is 0 Å². The van der Waals surface area contributed by atoms with E-state index in [-0.39, 0.29) is 11.1 Å². The number of hydrogen-bond donors (Lipinski definition) is 1. The van der Waals surface area contributed by atoms with E-state index in [9.17, 15) is 15.2 Å². The van der Waals surface area contributed by atoms with Crippen molar-refractivity contribution in [2.45, 2.75) is 52.2 Å². The van der Waals surface area contributed by atoms with E-state index in [1.54, 1.807) is 37.4 Å². The third-order valence-electron chi connectivity index (χ3n) is 4.92. The first-order chi connectivity index (χ1) is 13.5. The summed E-state index contributed by atoms with van der Waals surface area (Å²) in [7, 11) is 1.55. The molecule has 0 unspecified atom stereocenters. The molecule has 0 fully saturated rings. The zero-order chi connectivity index (χ0) is 21.8. The number of methoxy groups -OCH3 is 1. The van der Waals surface area contributed by atoms with Crippen molar-refractivity contribution in [3.05, 3.63) is 53.1 Å². The summed E-state index contributed by atoms with van der Waals surface area (Å²) in [6.07, 6.45) is 0.763. The number of aromatic carboxylic acids is 1. The molecule has 2 aromatic carbocycles. The van der Waals surface area contributed by atoms with Crippen LogP contribution in [0.25, 0.3) is 0 Å². The normalized spacial score (nSPS) is 11.6. The van der Waals surface area contributed by atoms with Crippen LogP contribution < -0.4 is 9.47 Å². The van der Waals surface area contributed by atoms with Gasteiger partial charge in [0.1, 0.15) is 34.5 Å². The minimum atomic E-state index is -1.08. The lowest BCUT2D eigenvalue weighted by Crippen LogP contribution is -2.27. The summed E-state index contributed by atoms with van der Waals surface area (Å²) in [4.78, 5) is 11.6. The zero-order valence-electron chi connectivity index (χ0n) is 17.7. The van der Waals surface area contributed by atoms with Crippen LogP contribution in [0.3, 0.4) is 0 Å². The zero-order valence-corrected chi connectivity index (χ0v) is 17.7. The van der Waals surface area contributed by atoms with E-state index >= 15 is 0 Å². The topological polar surface area (TPSA) is 88.8 Å². The second-order valence-electron chi connectivity index (χ2n) is 7.82. The highest BCUT2D eigenvalue weighted by atomic mass is 16.5. The Balaban J connectivity index is 2.51. The third-order valence-corrected chi connectivity index (χ3v) is 4.92. The maximum absolute atomic E-state index is 11.6. The third kappa shape index (κ3) is 5.27. The molecule has 2 rings (SSSR count). The molecule has 0 aliphatic rings. The highest BCUT2D eigenvalue weighted by Crippen LogP contribution is 2.36. The Kier molecular flexibility index (Phi) is 6.55. The average Bonchev–Trinajstić information content (AvgIpc) is 2.67. The summed E-state index contributed by atoms with van der Waals surface area (Å²) in [5.74, 6) is -0.0661. The Morgan fingerprint density at radius 3 is 2.34 bits per heavy atom. The van der Waals surface area contributed by atoms with Crippen molar-refractivity contribution < 1.29 is 24.1 Å². The van der Waals surface area contributed by atoms with Crippen molar-refractivity contribution in [1.29, 1.82) is 5.26 Å². The molecule has 0 aliphatic heterocycles. The Morgan fingerprint density at radius 1 is 1.14 bits per heavy atom. The van der Waals surface area contributed by atoms with Crippen LogP contribution in [0.15, 0.2) is 36.4 Å². The molecule has 6 heteroatoms. The van der Waals surface area contributed by atoms with E-state index in [2.05, 4.69) is 6.07 Å². The summed E-state index contributed by atoms with van der Waals surface area (Å²) >= 11 is 0. The van der Waals surface area contributed by atoms with Gasteiger partial charge in [-0.05, 0) is 70.0 Å². The number of carbonyl (C=O) groups is 1. The van der Waals surface area contributed by atoms with Crippen LogP contribution in [0.4, 0.5) is 0 Å². The molecule has 0 atom stereocenters. The minimum Gasteiger partial charge on any atom is -0.486 e. The van der Waals surface area contributed by atoms with Gasteiger partial charge in [-0.2, -0.15) is 5.26 Å². The molecule has 0 heterocycles. The molecule has 0 saturated carbocycles. The Bertz CT molecular complexity index is 941. The molecule has 0 aliphatic carbocycles. The van der Waals surface area contributed by atoms with Crippen LogP contribution in [-0.2, 0) is 10.3 Å². The number of ether oxygens (including phenoxy) is 3. The Morgan fingerprint density at radius 2 is 1.79 bits per heavy atom. The SMILES string of the molecule is CCC(C)(C)Oc1cccc(Oc2cc(C(=O)O)cc(C(C)(C)OC)c2)c1C#N. The summed E-state index contributed by atoms with van der Waals surface area (Å²) in [5.41, 5.74) is -0.184. The minimum absolute atomic E-state index is 0.0700. The van der Waals surface area contributed by atoms with Gasteiger partial charge in [0.05, 0.1) is 11.2 Å². The van der Waals surface area contributed by atoms with Gasteiger partial charge in [-0.1, -0.05) is 13.0 Å². The quantitative estimate of drug-likeness (QED) is 0.633. The molecule has 0 amide bonds. The van der Waals surface area contributed by atoms with E-state index in [1.807, 2.05) is 34.6 Å². The molecule has 1 N–H and O–H groups in total. The van der Waals surface area contributed by atoms with E-state index in [4.69, 9.17) is 14.2 Å². The fourth-order valence-corrected chi connectivity index (χ4v) is 2.54. The van der Waals surface area contributed by atoms with Gasteiger partial charge in [0.25, 0.3) is 0 Å². The lowest BCUT2D eigenvalue weighted by atomic mass is 9.95. The molecule has 0 spiro atoms. The fourth-order valence-electron chi connectivity index (χ4n) is 2.54. The van der Waals surface area contributed by atoms with Crippen molar-refractivity contribution in [3.8, 4) is 23.3 Å². The lowest BCUT2D eigenvalue weighted by molar-refractivity contribution is 0.0190. The van der Waals surface area contributed by atoms with Crippen LogP contribution in [0.2, 0.25) is 0 Å². The van der Waals surface area contributed by atoms with Gasteiger partial charge in [-0.15, -0.1) is 0 Å². The molecule has 0 aromatic heterocycles. The van der Waals surface area contributed by atoms with E-state index in [1.165, 1.54) is 6.07 Å². The molecule has 0 saturated heterocycles. The number of hydrogen-bond acceptors (Lipinski definition) is 5. The van der Waals surface area contributed by atoms with Gasteiger partial charge >= 0.3 is 5.97 Å². The highest BCUT2D eigenvalue weighted by molar-refractivity contribution is 5.88. The number of rotatable bonds is 8. The maximum Gasteiger partial charge on any atom is 0.335 e. The molecule has 6 nitrogen and oxygen atoms in total. The Labute approximate surface area is 171 Å². The van der Waals surface area contributed by atoms with Gasteiger partial charge in [0.15, 0.2) is 0 Å². The summed E-state index contributed by atoms with van der Waals surface area (Å²) < 4.78 is 17.4. The van der Waals surface area contributed by atoms with Crippen molar-refractivity contribution in [1.82, 2.24) is 0 Å². The smallest absolute Gasteiger partial charge is 0.335 e. The van der Waals surface area contributed by atoms with Crippen molar-refractivity contribution in [2.75, 3.05) is 7.11 Å². The lowest BCUT2D eigenvalue weighted by Gasteiger charge is -2.26. The molecule has 0 bridgehead atoms. The van der Waals surface area contributed by atoms with Crippen LogP contribution in [0, 0.1) is 11.3 Å². The molecule has 29 heavy (non-hydrogen) atoms. The Hall–Kier alpha value is -3.04. The fraction of sp³-hybridized carbons (Fsp3) is 0.391. The second kappa shape index (κ2) is 8.54. The number of nitrogens with zero attached hydrogens (tertiary/aromatic N) is 1. The van der Waals surface area contributed by atoms with Crippen LogP contribution in [-0.4, -0.2) is 23.8 Å². The van der Waals surface area contributed by atoms with Gasteiger partial charge in [-0.25, -0.2) is 4.79 Å². The summed E-state index contributed by atoms with van der Waals surface area (Å²) in [6, 6.07) is 11.9. The monoisotopic (exact) mass is 397 g/mol. The molecular weight excluding hydrogens is 370 g/mol. The van der Waals surface area contributed by atoms with Gasteiger partial charge in [0, 0.05) is 7.11 Å². The summed E-state index contributed by atoms with van der Waals surface area (Å²) in [6.45, 7) is 9.55. The van der Waals surface area contributed by atoms with Crippen molar-refractivity contribution >= 4 is 5.97 Å². The predicted octanol–water partition coefficient (Wildman–Crippen LogP) is 5.50. The molecule has 0 radical (unpaired) electrons. The van der Waals surface area contributed by atoms with Crippen molar-refractivity contribution in [3.63, 3.8) is 0 Å². The first-order valence-corrected chi connectivity index (χ1v) is 9.37. The van der Waals surface area contributed by atoms with Gasteiger partial charge in [0.2, 0.25) is 0 Å². The maximum atomic E-state index is 11.6. The van der Waals surface area contributed by atoms with Gasteiger partial charge in [-0.3, -0.25) is 0 Å². The van der Waals surface area contributed by atoms with Crippen LogP contribution in [0.1, 0.15) is 62.5 Å². The van der Waals surface area contributed by atoms with Crippen LogP contribution in [0.5, 0.6) is 17.2 Å². The van der Waals surface area contributed by atoms with Crippen LogP contribution >= 0.6 is 0 Å². The molecule has 154 valence electrons. The average molecular weight is 397 g/mol. The molecular formula is C23H27NO5. The largest absolute Gasteiger partial charge is 0.486 e. The second-order valence-corrected chi connectivity index (χ2v) is 7.82. The summed E-state index contributed by atoms with van der Waals surface area (Å²) in [5, 5.41) is 19.2. The number of nitriles is 1. The van der Waals surface area contributed by atoms with Gasteiger partial charge < -0.3 is 19.3 Å². The number of carboxylic acids is 1. The number of benzene rings is 2. The first-order valence-electron chi connectivity index (χ1n) is 9.37. The van der Waals surface area contributed by atoms with E-state index in [0.29, 0.717) is 22.8 Å². The van der Waals surface area contributed by atoms with E-state index in [0.717, 1.165) is 6.42 Å². The highest BCUT2D eigenvalue weighted by Gasteiger charge is 2.24. The predicted molar refractivity (Wildman–Crippen MR) is 110 cm³/mol. The first kappa shape index (κ1) is 22.3.